The molecule has 0 unspecified atom stereocenters. The van der Waals surface area contributed by atoms with E-state index in [2.05, 4.69) is 30.1 Å². The molecule has 5 nitrogen and oxygen atoms in total. The van der Waals surface area contributed by atoms with E-state index in [9.17, 15) is 5.11 Å². The molecule has 104 valence electrons. The van der Waals surface area contributed by atoms with Crippen LogP contribution in [-0.2, 0) is 26.1 Å². The summed E-state index contributed by atoms with van der Waals surface area (Å²) in [5.41, 5.74) is 5.13. The number of aliphatic hydroxyl groups is 1. The van der Waals surface area contributed by atoms with Crippen LogP contribution >= 0.6 is 0 Å². The van der Waals surface area contributed by atoms with Crippen molar-refractivity contribution in [2.24, 2.45) is 0 Å². The maximum atomic E-state index is 9.35. The topological polar surface area (TPSA) is 55.9 Å². The molecule has 0 aliphatic carbocycles. The third kappa shape index (κ3) is 2.56. The molecule has 1 N–H and O–H groups in total. The lowest BCUT2D eigenvalue weighted by Gasteiger charge is -2.07. The molecule has 0 saturated carbocycles. The Morgan fingerprint density at radius 3 is 2.42 bits per heavy atom. The van der Waals surface area contributed by atoms with Crippen LogP contribution in [0.1, 0.15) is 42.2 Å². The molecule has 0 fully saturated rings. The van der Waals surface area contributed by atoms with Crippen molar-refractivity contribution in [2.45, 2.75) is 53.8 Å². The molecule has 0 aliphatic heterocycles. The minimum absolute atomic E-state index is 0.0465. The predicted octanol–water partition coefficient (Wildman–Crippen LogP) is 1.82. The van der Waals surface area contributed by atoms with Gasteiger partial charge in [-0.05, 0) is 33.3 Å². The highest BCUT2D eigenvalue weighted by molar-refractivity contribution is 5.24. The first kappa shape index (κ1) is 13.8. The lowest BCUT2D eigenvalue weighted by Crippen LogP contribution is -2.10. The number of aryl methyl sites for hydroxylation is 3. The van der Waals surface area contributed by atoms with Gasteiger partial charge in [-0.25, -0.2) is 0 Å². The first-order valence-electron chi connectivity index (χ1n) is 6.80. The second-order valence-electron chi connectivity index (χ2n) is 4.76. The third-order valence-electron chi connectivity index (χ3n) is 3.58. The van der Waals surface area contributed by atoms with Gasteiger partial charge in [0.1, 0.15) is 0 Å². The van der Waals surface area contributed by atoms with Crippen molar-refractivity contribution in [2.75, 3.05) is 0 Å². The van der Waals surface area contributed by atoms with Gasteiger partial charge in [-0.3, -0.25) is 9.36 Å². The Morgan fingerprint density at radius 1 is 1.16 bits per heavy atom. The molecule has 0 atom stereocenters. The van der Waals surface area contributed by atoms with Crippen molar-refractivity contribution < 1.29 is 5.11 Å². The van der Waals surface area contributed by atoms with E-state index in [1.807, 2.05) is 23.2 Å². The minimum Gasteiger partial charge on any atom is -0.392 e. The molecule has 0 aliphatic rings. The summed E-state index contributed by atoms with van der Waals surface area (Å²) in [6.07, 6.45) is 0.943. The second kappa shape index (κ2) is 5.57. The second-order valence-corrected chi connectivity index (χ2v) is 4.76. The fraction of sp³-hybridized carbons (Fsp3) is 0.571. The van der Waals surface area contributed by atoms with Crippen LogP contribution < -0.4 is 0 Å². The molecule has 19 heavy (non-hydrogen) atoms. The summed E-state index contributed by atoms with van der Waals surface area (Å²) in [7, 11) is 0. The highest BCUT2D eigenvalue weighted by Gasteiger charge is 2.13. The SMILES string of the molecule is CCc1cc(Cn2nc(C)c(CO)c2C)n(CC)n1. The summed E-state index contributed by atoms with van der Waals surface area (Å²) in [5, 5.41) is 18.4. The van der Waals surface area contributed by atoms with Crippen LogP contribution in [0.25, 0.3) is 0 Å². The third-order valence-corrected chi connectivity index (χ3v) is 3.58. The van der Waals surface area contributed by atoms with Gasteiger partial charge in [-0.2, -0.15) is 10.2 Å². The standard InChI is InChI=1S/C14H22N4O/c1-5-12-7-13(17(6-2)16-12)8-18-11(4)14(9-19)10(3)15-18/h7,19H,5-6,8-9H2,1-4H3. The van der Waals surface area contributed by atoms with E-state index in [-0.39, 0.29) is 6.61 Å². The van der Waals surface area contributed by atoms with Crippen molar-refractivity contribution >= 4 is 0 Å². The first-order valence-corrected chi connectivity index (χ1v) is 6.80. The van der Waals surface area contributed by atoms with Crippen LogP contribution in [0.4, 0.5) is 0 Å². The van der Waals surface area contributed by atoms with Crippen molar-refractivity contribution in [3.05, 3.63) is 34.4 Å². The fourth-order valence-electron chi connectivity index (χ4n) is 2.36. The summed E-state index contributed by atoms with van der Waals surface area (Å²) in [6.45, 7) is 9.75. The highest BCUT2D eigenvalue weighted by Crippen LogP contribution is 2.15. The molecule has 2 heterocycles. The average Bonchev–Trinajstić information content (AvgIpc) is 2.91. The Labute approximate surface area is 113 Å². The number of aliphatic hydroxyl groups excluding tert-OH is 1. The lowest BCUT2D eigenvalue weighted by atomic mass is 10.2. The Kier molecular flexibility index (Phi) is 4.04. The van der Waals surface area contributed by atoms with E-state index >= 15 is 0 Å². The fourth-order valence-corrected chi connectivity index (χ4v) is 2.36. The van der Waals surface area contributed by atoms with Crippen LogP contribution in [0.3, 0.4) is 0 Å². The highest BCUT2D eigenvalue weighted by atomic mass is 16.3. The van der Waals surface area contributed by atoms with Crippen LogP contribution in [0.5, 0.6) is 0 Å². The van der Waals surface area contributed by atoms with Gasteiger partial charge in [-0.1, -0.05) is 6.92 Å². The van der Waals surface area contributed by atoms with E-state index in [1.165, 1.54) is 0 Å². The zero-order chi connectivity index (χ0) is 14.0. The van der Waals surface area contributed by atoms with Crippen molar-refractivity contribution in [3.63, 3.8) is 0 Å². The number of rotatable bonds is 5. The summed E-state index contributed by atoms with van der Waals surface area (Å²) in [5.74, 6) is 0. The van der Waals surface area contributed by atoms with E-state index < -0.39 is 0 Å². The molecule has 0 bridgehead atoms. The van der Waals surface area contributed by atoms with Gasteiger partial charge in [0.2, 0.25) is 0 Å². The van der Waals surface area contributed by atoms with Gasteiger partial charge in [-0.15, -0.1) is 0 Å². The normalized spacial score (nSPS) is 11.2. The van der Waals surface area contributed by atoms with Crippen LogP contribution in [0.2, 0.25) is 0 Å². The van der Waals surface area contributed by atoms with E-state index in [4.69, 9.17) is 0 Å². The van der Waals surface area contributed by atoms with Crippen molar-refractivity contribution in [1.29, 1.82) is 0 Å². The Balaban J connectivity index is 2.33. The van der Waals surface area contributed by atoms with Crippen molar-refractivity contribution in [3.8, 4) is 0 Å². The maximum Gasteiger partial charge on any atom is 0.0831 e. The predicted molar refractivity (Wildman–Crippen MR) is 74.0 cm³/mol. The minimum atomic E-state index is 0.0465. The van der Waals surface area contributed by atoms with Gasteiger partial charge < -0.3 is 5.11 Å². The van der Waals surface area contributed by atoms with E-state index in [0.717, 1.165) is 41.3 Å². The molecule has 0 saturated heterocycles. The zero-order valence-electron chi connectivity index (χ0n) is 12.1. The van der Waals surface area contributed by atoms with Crippen molar-refractivity contribution in [1.82, 2.24) is 19.6 Å². The number of aromatic nitrogens is 4. The quantitative estimate of drug-likeness (QED) is 0.894. The molecule has 0 amide bonds. The summed E-state index contributed by atoms with van der Waals surface area (Å²) >= 11 is 0. The maximum absolute atomic E-state index is 9.35. The van der Waals surface area contributed by atoms with E-state index in [1.54, 1.807) is 0 Å². The summed E-state index contributed by atoms with van der Waals surface area (Å²) < 4.78 is 3.97. The van der Waals surface area contributed by atoms with Crippen LogP contribution in [0, 0.1) is 13.8 Å². The molecule has 0 aromatic carbocycles. The molecule has 2 rings (SSSR count). The molecule has 0 radical (unpaired) electrons. The molecular formula is C14H22N4O. The molecular weight excluding hydrogens is 240 g/mol. The van der Waals surface area contributed by atoms with Crippen LogP contribution in [-0.4, -0.2) is 24.7 Å². The van der Waals surface area contributed by atoms with Crippen LogP contribution in [0.15, 0.2) is 6.07 Å². The number of hydrogen-bond acceptors (Lipinski definition) is 3. The summed E-state index contributed by atoms with van der Waals surface area (Å²) in [6, 6.07) is 2.14. The first-order chi connectivity index (χ1) is 9.10. The van der Waals surface area contributed by atoms with Gasteiger partial charge in [0, 0.05) is 17.8 Å². The Hall–Kier alpha value is -1.62. The van der Waals surface area contributed by atoms with Gasteiger partial charge in [0.05, 0.1) is 30.2 Å². The van der Waals surface area contributed by atoms with Gasteiger partial charge in [0.15, 0.2) is 0 Å². The Bertz CT molecular complexity index is 568. The number of nitrogens with zero attached hydrogens (tertiary/aromatic N) is 4. The summed E-state index contributed by atoms with van der Waals surface area (Å²) in [4.78, 5) is 0. The largest absolute Gasteiger partial charge is 0.392 e. The lowest BCUT2D eigenvalue weighted by molar-refractivity contribution is 0.280. The zero-order valence-corrected chi connectivity index (χ0v) is 12.1. The molecule has 2 aromatic heterocycles. The average molecular weight is 262 g/mol. The van der Waals surface area contributed by atoms with Gasteiger partial charge >= 0.3 is 0 Å². The monoisotopic (exact) mass is 262 g/mol. The number of hydrogen-bond donors (Lipinski definition) is 1. The molecule has 5 heteroatoms. The molecule has 0 spiro atoms. The van der Waals surface area contributed by atoms with Gasteiger partial charge in [0.25, 0.3) is 0 Å². The molecule has 2 aromatic rings. The Morgan fingerprint density at radius 2 is 1.89 bits per heavy atom. The van der Waals surface area contributed by atoms with E-state index in [0.29, 0.717) is 6.54 Å². The smallest absolute Gasteiger partial charge is 0.0831 e.